The summed E-state index contributed by atoms with van der Waals surface area (Å²) in [5.74, 6) is 0. The van der Waals surface area contributed by atoms with Gasteiger partial charge in [0.05, 0.1) is 13.2 Å². The van der Waals surface area contributed by atoms with Gasteiger partial charge in [-0.15, -0.1) is 11.3 Å². The lowest BCUT2D eigenvalue weighted by molar-refractivity contribution is 0.0125. The van der Waals surface area contributed by atoms with E-state index < -0.39 is 0 Å². The van der Waals surface area contributed by atoms with Gasteiger partial charge in [-0.05, 0) is 70.2 Å². The van der Waals surface area contributed by atoms with Crippen molar-refractivity contribution in [1.29, 1.82) is 0 Å². The SMILES string of the molecule is COC(C)(C)CCC(N)c1cc(Br)sc1Br. The van der Waals surface area contributed by atoms with E-state index in [4.69, 9.17) is 10.5 Å². The number of halogens is 2. The van der Waals surface area contributed by atoms with Crippen LogP contribution in [0.4, 0.5) is 0 Å². The third kappa shape index (κ3) is 4.11. The molecule has 0 bridgehead atoms. The molecule has 1 aromatic rings. The minimum absolute atomic E-state index is 0.0614. The lowest BCUT2D eigenvalue weighted by Gasteiger charge is -2.24. The molecule has 0 aliphatic heterocycles. The Kier molecular flexibility index (Phi) is 5.45. The third-order valence-corrected chi connectivity index (χ3v) is 5.08. The van der Waals surface area contributed by atoms with Gasteiger partial charge in [0.25, 0.3) is 0 Å². The first-order chi connectivity index (χ1) is 7.35. The smallest absolute Gasteiger partial charge is 0.0758 e. The number of nitrogens with two attached hydrogens (primary N) is 1. The summed E-state index contributed by atoms with van der Waals surface area (Å²) in [5, 5.41) is 0. The van der Waals surface area contributed by atoms with Gasteiger partial charge in [0.1, 0.15) is 0 Å². The van der Waals surface area contributed by atoms with Gasteiger partial charge in [-0.3, -0.25) is 0 Å². The van der Waals surface area contributed by atoms with E-state index >= 15 is 0 Å². The molecule has 0 spiro atoms. The van der Waals surface area contributed by atoms with E-state index in [-0.39, 0.29) is 11.6 Å². The van der Waals surface area contributed by atoms with Crippen LogP contribution in [0.25, 0.3) is 0 Å². The Hall–Kier alpha value is 0.580. The normalized spacial score (nSPS) is 14.1. The van der Waals surface area contributed by atoms with Gasteiger partial charge < -0.3 is 10.5 Å². The molecule has 5 heteroatoms. The molecule has 0 radical (unpaired) electrons. The van der Waals surface area contributed by atoms with Gasteiger partial charge >= 0.3 is 0 Å². The van der Waals surface area contributed by atoms with Gasteiger partial charge in [-0.25, -0.2) is 0 Å². The standard InChI is InChI=1S/C11H17Br2NOS/c1-11(2,15-3)5-4-8(14)7-6-9(12)16-10(7)13/h6,8H,4-5,14H2,1-3H3. The van der Waals surface area contributed by atoms with Crippen LogP contribution in [-0.4, -0.2) is 12.7 Å². The predicted molar refractivity (Wildman–Crippen MR) is 77.0 cm³/mol. The minimum atomic E-state index is -0.0999. The second kappa shape index (κ2) is 5.96. The average Bonchev–Trinajstić information content (AvgIpc) is 2.54. The van der Waals surface area contributed by atoms with Crippen LogP contribution in [0.5, 0.6) is 0 Å². The quantitative estimate of drug-likeness (QED) is 0.829. The van der Waals surface area contributed by atoms with Crippen LogP contribution in [0.2, 0.25) is 0 Å². The summed E-state index contributed by atoms with van der Waals surface area (Å²) >= 11 is 8.66. The number of rotatable bonds is 5. The number of methoxy groups -OCH3 is 1. The predicted octanol–water partition coefficient (Wildman–Crippen LogP) is 4.48. The van der Waals surface area contributed by atoms with E-state index in [1.54, 1.807) is 18.4 Å². The monoisotopic (exact) mass is 369 g/mol. The Labute approximate surface area is 118 Å². The Bertz CT molecular complexity index is 352. The molecule has 1 atom stereocenters. The molecule has 1 rings (SSSR count). The molecule has 0 saturated carbocycles. The van der Waals surface area contributed by atoms with Crippen molar-refractivity contribution >= 4 is 43.2 Å². The van der Waals surface area contributed by atoms with E-state index in [9.17, 15) is 0 Å². The molecular weight excluding hydrogens is 354 g/mol. The Balaban J connectivity index is 2.59. The summed E-state index contributed by atoms with van der Waals surface area (Å²) in [5.41, 5.74) is 7.24. The highest BCUT2D eigenvalue weighted by Crippen LogP contribution is 2.36. The fourth-order valence-electron chi connectivity index (χ4n) is 1.37. The van der Waals surface area contributed by atoms with E-state index in [0.717, 1.165) is 20.4 Å². The Morgan fingerprint density at radius 3 is 2.56 bits per heavy atom. The van der Waals surface area contributed by atoms with Crippen LogP contribution in [0.1, 0.15) is 38.3 Å². The second-order valence-corrected chi connectivity index (χ2v) is 8.14. The average molecular weight is 371 g/mol. The zero-order chi connectivity index (χ0) is 12.3. The summed E-state index contributed by atoms with van der Waals surface area (Å²) in [6.45, 7) is 4.16. The lowest BCUT2D eigenvalue weighted by Crippen LogP contribution is -2.24. The van der Waals surface area contributed by atoms with Crippen molar-refractivity contribution in [2.75, 3.05) is 7.11 Å². The fraction of sp³-hybridized carbons (Fsp3) is 0.636. The van der Waals surface area contributed by atoms with Crippen LogP contribution >= 0.6 is 43.2 Å². The first-order valence-electron chi connectivity index (χ1n) is 5.11. The second-order valence-electron chi connectivity index (χ2n) is 4.39. The molecule has 0 fully saturated rings. The molecule has 0 aliphatic carbocycles. The summed E-state index contributed by atoms with van der Waals surface area (Å²) in [6, 6.07) is 2.14. The van der Waals surface area contributed by atoms with Crippen molar-refractivity contribution in [2.45, 2.75) is 38.3 Å². The van der Waals surface area contributed by atoms with Gasteiger partial charge in [-0.2, -0.15) is 0 Å². The summed E-state index contributed by atoms with van der Waals surface area (Å²) in [7, 11) is 1.74. The zero-order valence-corrected chi connectivity index (χ0v) is 13.7. The van der Waals surface area contributed by atoms with Gasteiger partial charge in [0, 0.05) is 13.2 Å². The van der Waals surface area contributed by atoms with Crippen molar-refractivity contribution < 1.29 is 4.74 Å². The van der Waals surface area contributed by atoms with Gasteiger partial charge in [0.15, 0.2) is 0 Å². The summed E-state index contributed by atoms with van der Waals surface area (Å²) in [4.78, 5) is 0. The Morgan fingerprint density at radius 1 is 1.50 bits per heavy atom. The molecule has 2 N–H and O–H groups in total. The van der Waals surface area contributed by atoms with Crippen LogP contribution in [0.3, 0.4) is 0 Å². The maximum atomic E-state index is 6.17. The lowest BCUT2D eigenvalue weighted by atomic mass is 9.97. The molecule has 0 saturated heterocycles. The van der Waals surface area contributed by atoms with E-state index in [1.165, 1.54) is 5.56 Å². The highest BCUT2D eigenvalue weighted by molar-refractivity contribution is 9.12. The maximum absolute atomic E-state index is 6.17. The van der Waals surface area contributed by atoms with Crippen molar-refractivity contribution in [3.05, 3.63) is 19.2 Å². The molecule has 1 heterocycles. The molecular formula is C11H17Br2NOS. The fourth-order valence-corrected chi connectivity index (χ4v) is 4.37. The van der Waals surface area contributed by atoms with Crippen LogP contribution in [-0.2, 0) is 4.74 Å². The molecule has 0 aliphatic rings. The van der Waals surface area contributed by atoms with Crippen molar-refractivity contribution in [1.82, 2.24) is 0 Å². The number of hydrogen-bond donors (Lipinski definition) is 1. The molecule has 1 unspecified atom stereocenters. The first kappa shape index (κ1) is 14.6. The van der Waals surface area contributed by atoms with Crippen molar-refractivity contribution in [3.63, 3.8) is 0 Å². The number of ether oxygens (including phenoxy) is 1. The van der Waals surface area contributed by atoms with Crippen LogP contribution < -0.4 is 5.73 Å². The highest BCUT2D eigenvalue weighted by Gasteiger charge is 2.20. The van der Waals surface area contributed by atoms with Crippen LogP contribution in [0, 0.1) is 0 Å². The molecule has 0 amide bonds. The molecule has 92 valence electrons. The van der Waals surface area contributed by atoms with Crippen LogP contribution in [0.15, 0.2) is 13.6 Å². The number of hydrogen-bond acceptors (Lipinski definition) is 3. The first-order valence-corrected chi connectivity index (χ1v) is 7.51. The summed E-state index contributed by atoms with van der Waals surface area (Å²) < 4.78 is 7.61. The Morgan fingerprint density at radius 2 is 2.12 bits per heavy atom. The van der Waals surface area contributed by atoms with Crippen molar-refractivity contribution in [2.24, 2.45) is 5.73 Å². The number of thiophene rings is 1. The minimum Gasteiger partial charge on any atom is -0.379 e. The van der Waals surface area contributed by atoms with Crippen molar-refractivity contribution in [3.8, 4) is 0 Å². The molecule has 16 heavy (non-hydrogen) atoms. The third-order valence-electron chi connectivity index (χ3n) is 2.69. The largest absolute Gasteiger partial charge is 0.379 e. The van der Waals surface area contributed by atoms with E-state index in [2.05, 4.69) is 51.8 Å². The maximum Gasteiger partial charge on any atom is 0.0758 e. The van der Waals surface area contributed by atoms with Gasteiger partial charge in [-0.1, -0.05) is 0 Å². The molecule has 2 nitrogen and oxygen atoms in total. The van der Waals surface area contributed by atoms with E-state index in [1.807, 2.05) is 0 Å². The topological polar surface area (TPSA) is 35.2 Å². The highest BCUT2D eigenvalue weighted by atomic mass is 79.9. The van der Waals surface area contributed by atoms with E-state index in [0.29, 0.717) is 0 Å². The molecule has 0 aromatic carbocycles. The van der Waals surface area contributed by atoms with Gasteiger partial charge in [0.2, 0.25) is 0 Å². The zero-order valence-electron chi connectivity index (χ0n) is 9.72. The summed E-state index contributed by atoms with van der Waals surface area (Å²) in [6.07, 6.45) is 1.87. The molecule has 1 aromatic heterocycles.